The Balaban J connectivity index is 2.45. The highest BCUT2D eigenvalue weighted by Gasteiger charge is 2.37. The smallest absolute Gasteiger partial charge is 0.327 e. The van der Waals surface area contributed by atoms with Gasteiger partial charge in [0.1, 0.15) is 11.8 Å². The Hall–Kier alpha value is -1.95. The maximum Gasteiger partial charge on any atom is 0.327 e. The van der Waals surface area contributed by atoms with Crippen LogP contribution in [-0.2, 0) is 16.0 Å². The van der Waals surface area contributed by atoms with Crippen molar-refractivity contribution in [2.45, 2.75) is 12.5 Å². The van der Waals surface area contributed by atoms with Gasteiger partial charge in [0.2, 0.25) is 0 Å². The van der Waals surface area contributed by atoms with Gasteiger partial charge < -0.3 is 9.84 Å². The average Bonchev–Trinajstić information content (AvgIpc) is 2.77. The summed E-state index contributed by atoms with van der Waals surface area (Å²) in [6, 6.07) is 4.26. The van der Waals surface area contributed by atoms with Gasteiger partial charge in [-0.1, -0.05) is 0 Å². The van der Waals surface area contributed by atoms with Gasteiger partial charge in [-0.3, -0.25) is 9.69 Å². The number of thiol groups is 1. The normalized spacial score (nSPS) is 17.6. The molecule has 1 unspecified atom stereocenters. The molecule has 1 aliphatic heterocycles. The number of carbonyl (C=O) groups excluding carboxylic acids is 1. The largest absolute Gasteiger partial charge is 0.497 e. The van der Waals surface area contributed by atoms with Crippen LogP contribution < -0.4 is 9.64 Å². The first-order valence-electron chi connectivity index (χ1n) is 5.62. The molecule has 19 heavy (non-hydrogen) atoms. The van der Waals surface area contributed by atoms with E-state index in [2.05, 4.69) is 12.6 Å². The average molecular weight is 279 g/mol. The molecule has 1 aliphatic rings. The van der Waals surface area contributed by atoms with E-state index in [9.17, 15) is 14.7 Å². The second-order valence-electron chi connectivity index (χ2n) is 4.08. The molecule has 100 valence electrons. The molecule has 2 rings (SSSR count). The number of benzene rings is 1. The number of aliphatic carboxylic acids is 1. The molecule has 0 saturated carbocycles. The molecule has 0 fully saturated rings. The molecule has 1 heterocycles. The van der Waals surface area contributed by atoms with Gasteiger partial charge in [-0.05, 0) is 29.2 Å². The van der Waals surface area contributed by atoms with Gasteiger partial charge in [0, 0.05) is 18.2 Å². The fraction of sp³-hybridized carbons (Fsp3) is 0.231. The van der Waals surface area contributed by atoms with E-state index in [1.165, 1.54) is 23.5 Å². The molecule has 1 aromatic rings. The van der Waals surface area contributed by atoms with Crippen LogP contribution in [0.25, 0.3) is 0 Å². The maximum atomic E-state index is 12.0. The minimum atomic E-state index is -1.03. The molecule has 0 radical (unpaired) electrons. The van der Waals surface area contributed by atoms with E-state index in [0.717, 1.165) is 5.56 Å². The fourth-order valence-electron chi connectivity index (χ4n) is 2.17. The van der Waals surface area contributed by atoms with Crippen LogP contribution in [0.3, 0.4) is 0 Å². The number of carbonyl (C=O) groups is 2. The summed E-state index contributed by atoms with van der Waals surface area (Å²) in [6.07, 6.45) is 1.51. The number of anilines is 1. The summed E-state index contributed by atoms with van der Waals surface area (Å²) < 4.78 is 5.10. The summed E-state index contributed by atoms with van der Waals surface area (Å²) in [5.41, 5.74) is 1.39. The highest BCUT2D eigenvalue weighted by atomic mass is 32.1. The number of carboxylic acids is 1. The summed E-state index contributed by atoms with van der Waals surface area (Å²) in [5.74, 6) is -0.788. The molecule has 0 spiro atoms. The lowest BCUT2D eigenvalue weighted by atomic mass is 10.1. The van der Waals surface area contributed by atoms with Gasteiger partial charge >= 0.3 is 5.97 Å². The first-order valence-corrected chi connectivity index (χ1v) is 6.13. The van der Waals surface area contributed by atoms with Crippen LogP contribution in [0.4, 0.5) is 5.69 Å². The molecule has 1 atom stereocenters. The number of amides is 1. The quantitative estimate of drug-likeness (QED) is 0.649. The van der Waals surface area contributed by atoms with Crippen LogP contribution in [0.2, 0.25) is 0 Å². The number of carboxylic acid groups (broad SMARTS) is 1. The SMILES string of the molecule is COc1ccc2c(c1)CC(C(=O)O)N2C(=O)C=CS. The minimum Gasteiger partial charge on any atom is -0.497 e. The zero-order valence-corrected chi connectivity index (χ0v) is 11.1. The van der Waals surface area contributed by atoms with Crippen molar-refractivity contribution in [3.63, 3.8) is 0 Å². The number of methoxy groups -OCH3 is 1. The number of fused-ring (bicyclic) bond motifs is 1. The lowest BCUT2D eigenvalue weighted by Gasteiger charge is -2.20. The second-order valence-corrected chi connectivity index (χ2v) is 4.37. The van der Waals surface area contributed by atoms with Crippen molar-refractivity contribution in [3.8, 4) is 5.75 Å². The number of rotatable bonds is 3. The van der Waals surface area contributed by atoms with Crippen molar-refractivity contribution < 1.29 is 19.4 Å². The van der Waals surface area contributed by atoms with E-state index in [-0.39, 0.29) is 6.42 Å². The van der Waals surface area contributed by atoms with E-state index in [4.69, 9.17) is 4.74 Å². The van der Waals surface area contributed by atoms with Crippen LogP contribution >= 0.6 is 12.6 Å². The topological polar surface area (TPSA) is 66.8 Å². The zero-order valence-electron chi connectivity index (χ0n) is 10.2. The Morgan fingerprint density at radius 1 is 1.53 bits per heavy atom. The van der Waals surface area contributed by atoms with Crippen molar-refractivity contribution >= 4 is 30.2 Å². The van der Waals surface area contributed by atoms with Crippen molar-refractivity contribution in [1.29, 1.82) is 0 Å². The third-order valence-corrected chi connectivity index (χ3v) is 3.16. The molecule has 1 N–H and O–H groups in total. The van der Waals surface area contributed by atoms with E-state index >= 15 is 0 Å². The van der Waals surface area contributed by atoms with Gasteiger partial charge in [0.25, 0.3) is 5.91 Å². The molecule has 5 nitrogen and oxygen atoms in total. The summed E-state index contributed by atoms with van der Waals surface area (Å²) >= 11 is 3.84. The lowest BCUT2D eigenvalue weighted by molar-refractivity contribution is -0.139. The summed E-state index contributed by atoms with van der Waals surface area (Å²) in [6.45, 7) is 0. The zero-order chi connectivity index (χ0) is 14.0. The monoisotopic (exact) mass is 279 g/mol. The first-order chi connectivity index (χ1) is 9.08. The Morgan fingerprint density at radius 3 is 2.84 bits per heavy atom. The summed E-state index contributed by atoms with van der Waals surface area (Å²) in [5, 5.41) is 10.5. The van der Waals surface area contributed by atoms with Crippen LogP contribution in [0.5, 0.6) is 5.75 Å². The Labute approximate surface area is 115 Å². The predicted molar refractivity (Wildman–Crippen MR) is 73.7 cm³/mol. The summed E-state index contributed by atoms with van der Waals surface area (Å²) in [7, 11) is 1.54. The van der Waals surface area contributed by atoms with Gasteiger partial charge in [-0.25, -0.2) is 4.79 Å². The van der Waals surface area contributed by atoms with E-state index in [1.807, 2.05) is 0 Å². The predicted octanol–water partition coefficient (Wildman–Crippen LogP) is 1.48. The highest BCUT2D eigenvalue weighted by Crippen LogP contribution is 2.35. The van der Waals surface area contributed by atoms with E-state index < -0.39 is 17.9 Å². The molecule has 0 bridgehead atoms. The second kappa shape index (κ2) is 5.36. The fourth-order valence-corrected chi connectivity index (χ4v) is 2.30. The van der Waals surface area contributed by atoms with Crippen molar-refractivity contribution in [1.82, 2.24) is 0 Å². The molecule has 6 heteroatoms. The number of hydrogen-bond acceptors (Lipinski definition) is 4. The third kappa shape index (κ3) is 2.44. The van der Waals surface area contributed by atoms with Crippen LogP contribution in [0.1, 0.15) is 5.56 Å². The Bertz CT molecular complexity index is 556. The molecule has 0 saturated heterocycles. The Kier molecular flexibility index (Phi) is 3.80. The molecular formula is C13H13NO4S. The first kappa shape index (κ1) is 13.5. The Morgan fingerprint density at radius 2 is 2.26 bits per heavy atom. The van der Waals surface area contributed by atoms with Gasteiger partial charge in [-0.15, -0.1) is 0 Å². The number of ether oxygens (including phenoxy) is 1. The van der Waals surface area contributed by atoms with E-state index in [0.29, 0.717) is 11.4 Å². The van der Waals surface area contributed by atoms with Gasteiger partial charge in [0.15, 0.2) is 0 Å². The third-order valence-electron chi connectivity index (χ3n) is 3.01. The standard InChI is InChI=1S/C13H13NO4S/c1-18-9-2-3-10-8(6-9)7-11(13(16)17)14(10)12(15)4-5-19/h2-6,11,19H,7H2,1H3,(H,16,17). The molecular weight excluding hydrogens is 266 g/mol. The summed E-state index contributed by atoms with van der Waals surface area (Å²) in [4.78, 5) is 24.5. The van der Waals surface area contributed by atoms with Crippen LogP contribution in [-0.4, -0.2) is 30.1 Å². The molecule has 1 amide bonds. The lowest BCUT2D eigenvalue weighted by Crippen LogP contribution is -2.42. The van der Waals surface area contributed by atoms with Gasteiger partial charge in [0.05, 0.1) is 7.11 Å². The number of hydrogen-bond donors (Lipinski definition) is 2. The number of nitrogens with zero attached hydrogens (tertiary/aromatic N) is 1. The van der Waals surface area contributed by atoms with Crippen LogP contribution in [0.15, 0.2) is 29.7 Å². The molecule has 0 aliphatic carbocycles. The van der Waals surface area contributed by atoms with Gasteiger partial charge in [-0.2, -0.15) is 12.6 Å². The van der Waals surface area contributed by atoms with Crippen molar-refractivity contribution in [3.05, 3.63) is 35.2 Å². The van der Waals surface area contributed by atoms with Crippen molar-refractivity contribution in [2.75, 3.05) is 12.0 Å². The van der Waals surface area contributed by atoms with Crippen LogP contribution in [0, 0.1) is 0 Å². The molecule has 0 aromatic heterocycles. The van der Waals surface area contributed by atoms with E-state index in [1.54, 1.807) is 18.2 Å². The molecule has 1 aromatic carbocycles. The van der Waals surface area contributed by atoms with Crippen molar-refractivity contribution in [2.24, 2.45) is 0 Å². The highest BCUT2D eigenvalue weighted by molar-refractivity contribution is 7.83. The minimum absolute atomic E-state index is 0.272. The maximum absolute atomic E-state index is 12.0.